The lowest BCUT2D eigenvalue weighted by atomic mass is 9.99. The normalized spacial score (nSPS) is 12.8. The fraction of sp³-hybridized carbons (Fsp3) is 0.125. The molecule has 102 valence electrons. The van der Waals surface area contributed by atoms with Gasteiger partial charge in [-0.2, -0.15) is 0 Å². The number of benzene rings is 2. The van der Waals surface area contributed by atoms with Gasteiger partial charge in [0.1, 0.15) is 6.10 Å². The lowest BCUT2D eigenvalue weighted by Crippen LogP contribution is -2.04. The van der Waals surface area contributed by atoms with Crippen molar-refractivity contribution in [3.63, 3.8) is 0 Å². The van der Waals surface area contributed by atoms with Gasteiger partial charge in [0.15, 0.2) is 11.6 Å². The first-order valence-electron chi connectivity index (χ1n) is 6.18. The largest absolute Gasteiger partial charge is 0.383 e. The van der Waals surface area contributed by atoms with E-state index in [0.717, 1.165) is 10.1 Å². The number of aryl methyl sites for hydroxylation is 1. The van der Waals surface area contributed by atoms with Gasteiger partial charge in [0.05, 0.1) is 0 Å². The number of aliphatic hydroxyl groups excluding tert-OH is 1. The van der Waals surface area contributed by atoms with Crippen LogP contribution >= 0.6 is 11.3 Å². The van der Waals surface area contributed by atoms with Gasteiger partial charge < -0.3 is 5.11 Å². The smallest absolute Gasteiger partial charge is 0.165 e. The predicted octanol–water partition coefficient (Wildman–Crippen LogP) is 4.57. The van der Waals surface area contributed by atoms with E-state index in [1.807, 2.05) is 24.3 Å². The minimum Gasteiger partial charge on any atom is -0.383 e. The highest BCUT2D eigenvalue weighted by Crippen LogP contribution is 2.34. The van der Waals surface area contributed by atoms with Crippen molar-refractivity contribution >= 4 is 21.4 Å². The molecule has 1 aromatic heterocycles. The summed E-state index contributed by atoms with van der Waals surface area (Å²) in [4.78, 5) is 0. The third-order valence-electron chi connectivity index (χ3n) is 3.41. The number of hydrogen-bond acceptors (Lipinski definition) is 2. The fourth-order valence-corrected chi connectivity index (χ4v) is 3.23. The second-order valence-corrected chi connectivity index (χ2v) is 5.60. The van der Waals surface area contributed by atoms with E-state index in [9.17, 15) is 13.9 Å². The Hall–Kier alpha value is -1.78. The number of thiophene rings is 1. The Morgan fingerprint density at radius 3 is 2.55 bits per heavy atom. The Morgan fingerprint density at radius 2 is 1.75 bits per heavy atom. The standard InChI is InChI=1S/C16H12F2OS/c1-9-6-7-11(15(18)14(9)17)16(19)12-8-20-13-5-3-2-4-10(12)13/h2-8,16,19H,1H3. The third-order valence-corrected chi connectivity index (χ3v) is 4.39. The Morgan fingerprint density at radius 1 is 1.00 bits per heavy atom. The molecule has 0 bridgehead atoms. The van der Waals surface area contributed by atoms with E-state index in [4.69, 9.17) is 0 Å². The molecule has 1 atom stereocenters. The van der Waals surface area contributed by atoms with Crippen molar-refractivity contribution in [3.05, 3.63) is 70.1 Å². The Labute approximate surface area is 119 Å². The van der Waals surface area contributed by atoms with Crippen LogP contribution in [0.5, 0.6) is 0 Å². The molecule has 0 aliphatic heterocycles. The molecule has 0 spiro atoms. The van der Waals surface area contributed by atoms with Gasteiger partial charge in [0.2, 0.25) is 0 Å². The van der Waals surface area contributed by atoms with Gasteiger partial charge in [-0.05, 0) is 29.3 Å². The molecule has 3 aromatic rings. The zero-order valence-electron chi connectivity index (χ0n) is 10.7. The highest BCUT2D eigenvalue weighted by molar-refractivity contribution is 7.17. The van der Waals surface area contributed by atoms with Crippen LogP contribution in [0.4, 0.5) is 8.78 Å². The molecule has 4 heteroatoms. The van der Waals surface area contributed by atoms with Crippen LogP contribution in [0.2, 0.25) is 0 Å². The van der Waals surface area contributed by atoms with E-state index < -0.39 is 17.7 Å². The molecule has 0 saturated carbocycles. The summed E-state index contributed by atoms with van der Waals surface area (Å²) in [6.07, 6.45) is -1.17. The summed E-state index contributed by atoms with van der Waals surface area (Å²) in [6, 6.07) is 10.5. The summed E-state index contributed by atoms with van der Waals surface area (Å²) < 4.78 is 28.6. The van der Waals surface area contributed by atoms with Gasteiger partial charge in [0.25, 0.3) is 0 Å². The maximum Gasteiger partial charge on any atom is 0.165 e. The molecular weight excluding hydrogens is 278 g/mol. The lowest BCUT2D eigenvalue weighted by molar-refractivity contribution is 0.215. The molecule has 0 radical (unpaired) electrons. The van der Waals surface area contributed by atoms with Crippen LogP contribution in [0, 0.1) is 18.6 Å². The minimum absolute atomic E-state index is 0.0309. The molecule has 2 aromatic carbocycles. The average Bonchev–Trinajstić information content (AvgIpc) is 2.88. The SMILES string of the molecule is Cc1ccc(C(O)c2csc3ccccc23)c(F)c1F. The molecule has 0 aliphatic carbocycles. The predicted molar refractivity (Wildman–Crippen MR) is 77.0 cm³/mol. The van der Waals surface area contributed by atoms with Crippen molar-refractivity contribution in [1.29, 1.82) is 0 Å². The van der Waals surface area contributed by atoms with Crippen LogP contribution in [0.3, 0.4) is 0 Å². The zero-order valence-corrected chi connectivity index (χ0v) is 11.5. The molecule has 1 unspecified atom stereocenters. The number of rotatable bonds is 2. The first-order chi connectivity index (χ1) is 9.59. The molecule has 0 amide bonds. The summed E-state index contributed by atoms with van der Waals surface area (Å²) in [6.45, 7) is 1.49. The van der Waals surface area contributed by atoms with Crippen LogP contribution in [-0.2, 0) is 0 Å². The second-order valence-electron chi connectivity index (χ2n) is 4.69. The van der Waals surface area contributed by atoms with E-state index in [1.54, 1.807) is 5.38 Å². The maximum atomic E-state index is 14.0. The van der Waals surface area contributed by atoms with Crippen molar-refractivity contribution in [1.82, 2.24) is 0 Å². The maximum absolute atomic E-state index is 14.0. The number of aliphatic hydroxyl groups is 1. The molecule has 20 heavy (non-hydrogen) atoms. The van der Waals surface area contributed by atoms with Gasteiger partial charge in [-0.15, -0.1) is 11.3 Å². The van der Waals surface area contributed by atoms with E-state index in [2.05, 4.69) is 0 Å². The van der Waals surface area contributed by atoms with Crippen molar-refractivity contribution in [2.24, 2.45) is 0 Å². The fourth-order valence-electron chi connectivity index (χ4n) is 2.25. The summed E-state index contributed by atoms with van der Waals surface area (Å²) in [7, 11) is 0. The topological polar surface area (TPSA) is 20.2 Å². The van der Waals surface area contributed by atoms with Crippen LogP contribution in [0.25, 0.3) is 10.1 Å². The van der Waals surface area contributed by atoms with Crippen LogP contribution in [0.15, 0.2) is 41.8 Å². The van der Waals surface area contributed by atoms with Crippen molar-refractivity contribution in [3.8, 4) is 0 Å². The molecule has 1 heterocycles. The van der Waals surface area contributed by atoms with Gasteiger partial charge in [-0.3, -0.25) is 0 Å². The van der Waals surface area contributed by atoms with Crippen molar-refractivity contribution in [2.45, 2.75) is 13.0 Å². The lowest BCUT2D eigenvalue weighted by Gasteiger charge is -2.13. The minimum atomic E-state index is -1.17. The quantitative estimate of drug-likeness (QED) is 0.733. The monoisotopic (exact) mass is 290 g/mol. The van der Waals surface area contributed by atoms with E-state index in [0.29, 0.717) is 5.56 Å². The van der Waals surface area contributed by atoms with E-state index in [1.165, 1.54) is 30.4 Å². The van der Waals surface area contributed by atoms with Crippen molar-refractivity contribution < 1.29 is 13.9 Å². The number of halogens is 2. The first kappa shape index (κ1) is 13.2. The second kappa shape index (κ2) is 4.96. The Bertz CT molecular complexity index is 779. The molecular formula is C16H12F2OS. The molecule has 0 fully saturated rings. The van der Waals surface area contributed by atoms with E-state index in [-0.39, 0.29) is 11.1 Å². The number of hydrogen-bond donors (Lipinski definition) is 1. The van der Waals surface area contributed by atoms with Gasteiger partial charge in [0, 0.05) is 15.8 Å². The first-order valence-corrected chi connectivity index (χ1v) is 7.06. The Balaban J connectivity index is 2.13. The van der Waals surface area contributed by atoms with Gasteiger partial charge in [-0.25, -0.2) is 8.78 Å². The van der Waals surface area contributed by atoms with Crippen molar-refractivity contribution in [2.75, 3.05) is 0 Å². The van der Waals surface area contributed by atoms with Gasteiger partial charge in [-0.1, -0.05) is 30.3 Å². The van der Waals surface area contributed by atoms with Crippen LogP contribution < -0.4 is 0 Å². The average molecular weight is 290 g/mol. The number of fused-ring (bicyclic) bond motifs is 1. The van der Waals surface area contributed by atoms with Gasteiger partial charge >= 0.3 is 0 Å². The highest BCUT2D eigenvalue weighted by atomic mass is 32.1. The zero-order chi connectivity index (χ0) is 14.3. The molecule has 0 aliphatic rings. The third kappa shape index (κ3) is 2.01. The molecule has 3 rings (SSSR count). The van der Waals surface area contributed by atoms with Crippen LogP contribution in [-0.4, -0.2) is 5.11 Å². The summed E-state index contributed by atoms with van der Waals surface area (Å²) in [5.41, 5.74) is 0.804. The highest BCUT2D eigenvalue weighted by Gasteiger charge is 2.21. The molecule has 1 N–H and O–H groups in total. The van der Waals surface area contributed by atoms with E-state index >= 15 is 0 Å². The summed E-state index contributed by atoms with van der Waals surface area (Å²) in [5, 5.41) is 13.0. The Kier molecular flexibility index (Phi) is 3.28. The molecule has 1 nitrogen and oxygen atoms in total. The molecule has 0 saturated heterocycles. The summed E-state index contributed by atoms with van der Waals surface area (Å²) >= 11 is 1.47. The van der Waals surface area contributed by atoms with Crippen LogP contribution in [0.1, 0.15) is 22.8 Å². The summed E-state index contributed by atoms with van der Waals surface area (Å²) in [5.74, 6) is -1.88.